The van der Waals surface area contributed by atoms with Crippen LogP contribution in [-0.2, 0) is 74.4 Å². The summed E-state index contributed by atoms with van der Waals surface area (Å²) in [5.41, 5.74) is 1.54. The van der Waals surface area contributed by atoms with E-state index in [9.17, 15) is 51.9 Å². The van der Waals surface area contributed by atoms with E-state index in [0.29, 0.717) is 58.3 Å². The SMILES string of the molecule is O=C1N[C@]2(C(=O)NS(=O)(=O)C3CC3)C[C@H]2/C=C\CCCCCCC(=O)N2C[C@H](OC(=O)N3Cc4ccccc4C3)C[C@@H]12.O=C1N[C@]2(C(=O)O)C[C@H]2/C=C\CCCCCCC(=O)N2C[C@H](OC(=O)N3Cc4ccccc4C3)C[C@@H]12. The molecule has 9 aliphatic rings. The van der Waals surface area contributed by atoms with Crippen LogP contribution in [0.5, 0.6) is 0 Å². The molecule has 418 valence electrons. The lowest BCUT2D eigenvalue weighted by Gasteiger charge is -2.26. The lowest BCUT2D eigenvalue weighted by Crippen LogP contribution is -2.56. The number of nitrogens with zero attached hydrogens (tertiary/aromatic N) is 4. The number of hydrogen-bond acceptors (Lipinski definition) is 12. The molecule has 0 bridgehead atoms. The number of fused-ring (bicyclic) bond motifs is 6. The molecule has 7 amide bonds. The first-order valence-electron chi connectivity index (χ1n) is 27.9. The first-order valence-corrected chi connectivity index (χ1v) is 29.5. The van der Waals surface area contributed by atoms with Gasteiger partial charge in [-0.3, -0.25) is 38.5 Å². The van der Waals surface area contributed by atoms with Crippen molar-refractivity contribution in [3.63, 3.8) is 0 Å². The lowest BCUT2D eigenvalue weighted by atomic mass is 10.1. The van der Waals surface area contributed by atoms with Gasteiger partial charge in [0.25, 0.3) is 5.91 Å². The number of allylic oxidation sites excluding steroid dienone is 2. The van der Waals surface area contributed by atoms with Gasteiger partial charge in [-0.1, -0.05) is 98.5 Å². The van der Waals surface area contributed by atoms with Gasteiger partial charge in [-0.2, -0.15) is 0 Å². The fourth-order valence-electron chi connectivity index (χ4n) is 12.0. The zero-order chi connectivity index (χ0) is 54.8. The smallest absolute Gasteiger partial charge is 0.410 e. The molecule has 0 unspecified atom stereocenters. The highest BCUT2D eigenvalue weighted by atomic mass is 32.2. The molecule has 2 aromatic carbocycles. The molecule has 20 nitrogen and oxygen atoms in total. The van der Waals surface area contributed by atoms with Crippen molar-refractivity contribution in [1.29, 1.82) is 0 Å². The molecule has 78 heavy (non-hydrogen) atoms. The normalized spacial score (nSPS) is 30.9. The summed E-state index contributed by atoms with van der Waals surface area (Å²) in [4.78, 5) is 111. The number of aliphatic carboxylic acids is 1. The predicted octanol–water partition coefficient (Wildman–Crippen LogP) is 5.48. The molecule has 11 rings (SSSR count). The summed E-state index contributed by atoms with van der Waals surface area (Å²) in [6, 6.07) is 13.8. The van der Waals surface area contributed by atoms with Crippen LogP contribution in [0.3, 0.4) is 0 Å². The van der Waals surface area contributed by atoms with Crippen LogP contribution in [0.25, 0.3) is 0 Å². The molecular formula is C57H71N7O13S. The van der Waals surface area contributed by atoms with Gasteiger partial charge in [-0.15, -0.1) is 0 Å². The standard InChI is InChI=1S/C30H38N4O7S.C27H33N3O6/c35-26-12-6-4-2-1-3-5-11-22-16-30(22,28(37)32-42(39,40)24-13-14-24)31-27(36)25-15-23(19-34(25)26)41-29(38)33-17-20-9-7-8-10-21(20)18-33;31-23-12-6-4-2-1-3-5-11-20-14-27(20,25(33)34)28-24(32)22-13-21(17-30(22)23)36-26(35)29-15-18-9-7-8-10-19(18)16-29/h5,7-11,22-25H,1-4,6,12-19H2,(H,31,36)(H,32,37);5,7-11,20-22H,1-4,6,12-17H2,(H,28,32)(H,33,34)/b2*11-5-/t22-,23-,25+,30-;20-,21-,22+,27-/m11/s1. The van der Waals surface area contributed by atoms with Crippen molar-refractivity contribution in [3.8, 4) is 0 Å². The zero-order valence-corrected chi connectivity index (χ0v) is 44.8. The number of carboxylic acid groups (broad SMARTS) is 1. The van der Waals surface area contributed by atoms with Crippen LogP contribution in [0, 0.1) is 11.8 Å². The van der Waals surface area contributed by atoms with Crippen LogP contribution < -0.4 is 15.4 Å². The summed E-state index contributed by atoms with van der Waals surface area (Å²) in [6.45, 7) is 2.01. The molecule has 2 saturated heterocycles. The minimum absolute atomic E-state index is 0.0854. The van der Waals surface area contributed by atoms with Crippen LogP contribution in [0.1, 0.15) is 138 Å². The maximum absolute atomic E-state index is 13.8. The van der Waals surface area contributed by atoms with E-state index in [1.54, 1.807) is 9.80 Å². The number of sulfonamides is 1. The number of amides is 7. The monoisotopic (exact) mass is 1090 g/mol. The minimum Gasteiger partial charge on any atom is -0.479 e. The van der Waals surface area contributed by atoms with E-state index in [2.05, 4.69) is 15.4 Å². The van der Waals surface area contributed by atoms with Crippen molar-refractivity contribution < 1.29 is 61.4 Å². The summed E-state index contributed by atoms with van der Waals surface area (Å²) in [5, 5.41) is 14.9. The van der Waals surface area contributed by atoms with E-state index >= 15 is 0 Å². The third-order valence-electron chi connectivity index (χ3n) is 17.0. The fourth-order valence-corrected chi connectivity index (χ4v) is 13.4. The number of ether oxygens (including phenoxy) is 2. The molecule has 3 aliphatic carbocycles. The van der Waals surface area contributed by atoms with Gasteiger partial charge in [0, 0.05) is 63.7 Å². The van der Waals surface area contributed by atoms with Crippen LogP contribution in [0.4, 0.5) is 9.59 Å². The molecule has 0 aromatic heterocycles. The topological polar surface area (TPSA) is 258 Å². The molecule has 21 heteroatoms. The van der Waals surface area contributed by atoms with Crippen molar-refractivity contribution in [3.05, 3.63) is 95.1 Å². The van der Waals surface area contributed by atoms with Gasteiger partial charge in [0.05, 0.1) is 18.3 Å². The Morgan fingerprint density at radius 1 is 0.590 bits per heavy atom. The molecular weight excluding hydrogens is 1020 g/mol. The maximum Gasteiger partial charge on any atom is 0.410 e. The molecule has 2 aromatic rings. The van der Waals surface area contributed by atoms with E-state index in [0.717, 1.165) is 80.0 Å². The maximum atomic E-state index is 13.8. The van der Waals surface area contributed by atoms with Gasteiger partial charge in [0.2, 0.25) is 33.7 Å². The molecule has 0 radical (unpaired) electrons. The largest absolute Gasteiger partial charge is 0.479 e. The zero-order valence-electron chi connectivity index (χ0n) is 44.0. The first-order chi connectivity index (χ1) is 37.5. The Kier molecular flexibility index (Phi) is 16.0. The van der Waals surface area contributed by atoms with Gasteiger partial charge in [-0.05, 0) is 86.5 Å². The Morgan fingerprint density at radius 2 is 1.00 bits per heavy atom. The van der Waals surface area contributed by atoms with E-state index in [1.807, 2.05) is 72.8 Å². The van der Waals surface area contributed by atoms with Crippen LogP contribution in [0.2, 0.25) is 0 Å². The fraction of sp³-hybridized carbons (Fsp3) is 0.579. The number of hydrogen-bond donors (Lipinski definition) is 4. The van der Waals surface area contributed by atoms with Gasteiger partial charge < -0.3 is 35.0 Å². The van der Waals surface area contributed by atoms with Gasteiger partial charge in [-0.25, -0.2) is 22.8 Å². The Bertz CT molecular complexity index is 2820. The van der Waals surface area contributed by atoms with E-state index in [1.165, 1.54) is 9.80 Å². The predicted molar refractivity (Wildman–Crippen MR) is 282 cm³/mol. The van der Waals surface area contributed by atoms with Crippen molar-refractivity contribution >= 4 is 57.7 Å². The second-order valence-electron chi connectivity index (χ2n) is 22.6. The Labute approximate surface area is 454 Å². The molecule has 5 fully saturated rings. The number of nitrogens with one attached hydrogen (secondary N) is 3. The van der Waals surface area contributed by atoms with Gasteiger partial charge in [0.15, 0.2) is 0 Å². The van der Waals surface area contributed by atoms with E-state index < -0.39 is 86.5 Å². The molecule has 4 N–H and O–H groups in total. The molecule has 0 spiro atoms. The van der Waals surface area contributed by atoms with Crippen LogP contribution in [0.15, 0.2) is 72.8 Å². The first kappa shape index (κ1) is 54.6. The molecule has 6 aliphatic heterocycles. The van der Waals surface area contributed by atoms with E-state index in [-0.39, 0.29) is 62.4 Å². The summed E-state index contributed by atoms with van der Waals surface area (Å²) < 4.78 is 38.9. The highest BCUT2D eigenvalue weighted by Crippen LogP contribution is 2.47. The average molecular weight is 1090 g/mol. The van der Waals surface area contributed by atoms with Gasteiger partial charge >= 0.3 is 18.2 Å². The highest BCUT2D eigenvalue weighted by Gasteiger charge is 2.63. The highest BCUT2D eigenvalue weighted by molar-refractivity contribution is 7.91. The van der Waals surface area contributed by atoms with Crippen molar-refractivity contribution in [2.24, 2.45) is 11.8 Å². The summed E-state index contributed by atoms with van der Waals surface area (Å²) in [7, 11) is -3.81. The Hall–Kier alpha value is -6.77. The van der Waals surface area contributed by atoms with Crippen molar-refractivity contribution in [2.75, 3.05) is 13.1 Å². The van der Waals surface area contributed by atoms with Gasteiger partial charge in [0.1, 0.15) is 35.4 Å². The second-order valence-corrected chi connectivity index (χ2v) is 24.6. The minimum atomic E-state index is -3.81. The molecule has 6 heterocycles. The second kappa shape index (κ2) is 22.9. The summed E-state index contributed by atoms with van der Waals surface area (Å²) in [5.74, 6) is -3.82. The number of carbonyl (C=O) groups excluding carboxylic acids is 7. The number of benzene rings is 2. The van der Waals surface area contributed by atoms with Crippen LogP contribution >= 0.6 is 0 Å². The quantitative estimate of drug-likeness (QED) is 0.262. The number of rotatable bonds is 6. The molecule has 3 saturated carbocycles. The number of carbonyl (C=O) groups is 8. The summed E-state index contributed by atoms with van der Waals surface area (Å²) in [6.07, 6.45) is 16.7. The Morgan fingerprint density at radius 3 is 1.44 bits per heavy atom. The van der Waals surface area contributed by atoms with Crippen LogP contribution in [-0.4, -0.2) is 135 Å². The number of carboxylic acids is 1. The third-order valence-corrected chi connectivity index (χ3v) is 18.8. The van der Waals surface area contributed by atoms with Crippen molar-refractivity contribution in [2.45, 2.75) is 182 Å². The molecule has 8 atom stereocenters. The third kappa shape index (κ3) is 12.1. The average Bonchev–Trinajstić information content (AvgIpc) is 4.48. The van der Waals surface area contributed by atoms with Crippen molar-refractivity contribution in [1.82, 2.24) is 35.0 Å². The lowest BCUT2D eigenvalue weighted by molar-refractivity contribution is -0.145. The van der Waals surface area contributed by atoms with E-state index in [4.69, 9.17) is 9.47 Å². The summed E-state index contributed by atoms with van der Waals surface area (Å²) >= 11 is 0. The Balaban J connectivity index is 0.000000179.